The SMILES string of the molecule is CCOC(=O)c1c(P(=O)(OCC)c2ccsc2)c2cc(Cl)ccc2n1S(=O)(=O)c1ccccc1. The van der Waals surface area contributed by atoms with Gasteiger partial charge in [-0.1, -0.05) is 29.8 Å². The second-order valence-electron chi connectivity index (χ2n) is 7.11. The zero-order chi connectivity index (χ0) is 24.5. The van der Waals surface area contributed by atoms with Crippen LogP contribution in [0.25, 0.3) is 10.9 Å². The van der Waals surface area contributed by atoms with Crippen molar-refractivity contribution >= 4 is 67.8 Å². The van der Waals surface area contributed by atoms with Crippen molar-refractivity contribution < 1.29 is 27.0 Å². The molecule has 0 aliphatic heterocycles. The maximum Gasteiger partial charge on any atom is 0.356 e. The number of carbonyl (C=O) groups excluding carboxylic acids is 1. The van der Waals surface area contributed by atoms with Crippen molar-refractivity contribution in [3.8, 4) is 0 Å². The van der Waals surface area contributed by atoms with Crippen LogP contribution in [0.4, 0.5) is 0 Å². The second-order valence-corrected chi connectivity index (χ2v) is 12.4. The highest BCUT2D eigenvalue weighted by atomic mass is 35.5. The molecule has 0 bridgehead atoms. The van der Waals surface area contributed by atoms with Gasteiger partial charge in [0.25, 0.3) is 17.4 Å². The van der Waals surface area contributed by atoms with Crippen LogP contribution in [0, 0.1) is 0 Å². The molecule has 0 radical (unpaired) electrons. The fraction of sp³-hybridized carbons (Fsp3) is 0.174. The van der Waals surface area contributed by atoms with E-state index in [0.717, 1.165) is 3.97 Å². The number of hydrogen-bond acceptors (Lipinski definition) is 7. The number of carbonyl (C=O) groups is 1. The normalized spacial score (nSPS) is 13.6. The number of benzene rings is 2. The molecule has 34 heavy (non-hydrogen) atoms. The topological polar surface area (TPSA) is 91.7 Å². The van der Waals surface area contributed by atoms with Crippen molar-refractivity contribution in [3.63, 3.8) is 0 Å². The van der Waals surface area contributed by atoms with Crippen molar-refractivity contribution in [1.82, 2.24) is 3.97 Å². The lowest BCUT2D eigenvalue weighted by molar-refractivity contribution is 0.0520. The van der Waals surface area contributed by atoms with Gasteiger partial charge in [0, 0.05) is 15.8 Å². The van der Waals surface area contributed by atoms with Crippen molar-refractivity contribution in [2.45, 2.75) is 18.7 Å². The van der Waals surface area contributed by atoms with E-state index in [9.17, 15) is 17.8 Å². The Bertz CT molecular complexity index is 1500. The molecule has 1 unspecified atom stereocenters. The third kappa shape index (κ3) is 4.12. The number of thiophene rings is 1. The molecule has 0 fully saturated rings. The highest BCUT2D eigenvalue weighted by Gasteiger charge is 2.42. The Morgan fingerprint density at radius 3 is 2.44 bits per heavy atom. The summed E-state index contributed by atoms with van der Waals surface area (Å²) in [6, 6.07) is 13.8. The maximum absolute atomic E-state index is 14.5. The molecular weight excluding hydrogens is 517 g/mol. The smallest absolute Gasteiger partial charge is 0.356 e. The minimum atomic E-state index is -4.30. The number of nitrogens with zero attached hydrogens (tertiary/aromatic N) is 1. The van der Waals surface area contributed by atoms with Crippen LogP contribution in [0.15, 0.2) is 70.3 Å². The quantitative estimate of drug-likeness (QED) is 0.231. The molecule has 0 spiro atoms. The summed E-state index contributed by atoms with van der Waals surface area (Å²) in [5, 5.41) is 4.21. The van der Waals surface area contributed by atoms with Gasteiger partial charge in [-0.05, 0) is 55.6 Å². The van der Waals surface area contributed by atoms with E-state index in [2.05, 4.69) is 0 Å². The molecule has 11 heteroatoms. The fourth-order valence-electron chi connectivity index (χ4n) is 3.72. The molecule has 0 saturated heterocycles. The van der Waals surface area contributed by atoms with E-state index >= 15 is 0 Å². The van der Waals surface area contributed by atoms with Crippen molar-refractivity contribution in [2.24, 2.45) is 0 Å². The van der Waals surface area contributed by atoms with E-state index < -0.39 is 23.4 Å². The number of aromatic nitrogens is 1. The van der Waals surface area contributed by atoms with E-state index in [-0.39, 0.29) is 45.0 Å². The lowest BCUT2D eigenvalue weighted by Gasteiger charge is -2.19. The fourth-order valence-corrected chi connectivity index (χ4v) is 8.99. The highest BCUT2D eigenvalue weighted by molar-refractivity contribution is 7.90. The second kappa shape index (κ2) is 9.68. The van der Waals surface area contributed by atoms with Gasteiger partial charge in [0.2, 0.25) is 0 Å². The molecule has 178 valence electrons. The molecule has 7 nitrogen and oxygen atoms in total. The molecule has 0 N–H and O–H groups in total. The highest BCUT2D eigenvalue weighted by Crippen LogP contribution is 2.49. The minimum Gasteiger partial charge on any atom is -0.461 e. The summed E-state index contributed by atoms with van der Waals surface area (Å²) in [4.78, 5) is 13.3. The average molecular weight is 538 g/mol. The van der Waals surface area contributed by atoms with Crippen molar-refractivity contribution in [2.75, 3.05) is 13.2 Å². The molecule has 4 aromatic rings. The Balaban J connectivity index is 2.21. The van der Waals surface area contributed by atoms with Crippen LogP contribution in [0.1, 0.15) is 24.3 Å². The van der Waals surface area contributed by atoms with Gasteiger partial charge in [-0.3, -0.25) is 4.57 Å². The van der Waals surface area contributed by atoms with Crippen LogP contribution in [-0.2, 0) is 23.8 Å². The number of ether oxygens (including phenoxy) is 1. The Hall–Kier alpha value is -2.42. The number of hydrogen-bond donors (Lipinski definition) is 0. The van der Waals surface area contributed by atoms with E-state index in [0.29, 0.717) is 5.30 Å². The third-order valence-electron chi connectivity index (χ3n) is 5.06. The molecule has 1 atom stereocenters. The number of esters is 1. The van der Waals surface area contributed by atoms with Crippen LogP contribution < -0.4 is 10.6 Å². The van der Waals surface area contributed by atoms with Gasteiger partial charge in [0.1, 0.15) is 0 Å². The van der Waals surface area contributed by atoms with Crippen LogP contribution in [0.2, 0.25) is 5.02 Å². The van der Waals surface area contributed by atoms with Gasteiger partial charge < -0.3 is 9.26 Å². The number of rotatable bonds is 8. The van der Waals surface area contributed by atoms with Crippen molar-refractivity contribution in [1.29, 1.82) is 0 Å². The van der Waals surface area contributed by atoms with E-state index in [1.165, 1.54) is 41.7 Å². The summed E-state index contributed by atoms with van der Waals surface area (Å²) < 4.78 is 54.2. The molecule has 2 heterocycles. The van der Waals surface area contributed by atoms with Gasteiger partial charge in [-0.15, -0.1) is 0 Å². The van der Waals surface area contributed by atoms with Gasteiger partial charge in [0.05, 0.1) is 34.2 Å². The summed E-state index contributed by atoms with van der Waals surface area (Å²) in [6.07, 6.45) is 0. The Morgan fingerprint density at radius 2 is 1.82 bits per heavy atom. The van der Waals surface area contributed by atoms with Gasteiger partial charge in [0.15, 0.2) is 5.69 Å². The standard InChI is InChI=1S/C23H21ClNO6PS2/c1-3-30-23(26)21-22(32(27,31-4-2)17-12-13-33-15-17)19-14-16(24)10-11-20(19)25(21)34(28,29)18-8-6-5-7-9-18/h5-15H,3-4H2,1-2H3. The van der Waals surface area contributed by atoms with E-state index in [4.69, 9.17) is 20.9 Å². The Morgan fingerprint density at radius 1 is 1.09 bits per heavy atom. The predicted molar refractivity (Wildman–Crippen MR) is 135 cm³/mol. The minimum absolute atomic E-state index is 0.0106. The van der Waals surface area contributed by atoms with Crippen molar-refractivity contribution in [3.05, 3.63) is 76.1 Å². The molecule has 2 aromatic carbocycles. The zero-order valence-corrected chi connectivity index (χ0v) is 21.6. The molecular formula is C23H21ClNO6PS2. The monoisotopic (exact) mass is 537 g/mol. The summed E-state index contributed by atoms with van der Waals surface area (Å²) in [6.45, 7) is 3.33. The van der Waals surface area contributed by atoms with E-state index in [1.807, 2.05) is 0 Å². The molecule has 4 rings (SSSR count). The zero-order valence-electron chi connectivity index (χ0n) is 18.3. The van der Waals surface area contributed by atoms with Gasteiger partial charge in [-0.2, -0.15) is 11.3 Å². The van der Waals surface area contributed by atoms with Gasteiger partial charge in [-0.25, -0.2) is 17.2 Å². The molecule has 0 saturated carbocycles. The first kappa shape index (κ1) is 24.7. The largest absolute Gasteiger partial charge is 0.461 e. The van der Waals surface area contributed by atoms with Crippen LogP contribution in [-0.4, -0.2) is 31.6 Å². The summed E-state index contributed by atoms with van der Waals surface area (Å²) >= 11 is 7.58. The maximum atomic E-state index is 14.5. The summed E-state index contributed by atoms with van der Waals surface area (Å²) in [7, 11) is -8.23. The number of fused-ring (bicyclic) bond motifs is 1. The molecule has 0 aliphatic rings. The van der Waals surface area contributed by atoms with Crippen LogP contribution in [0.3, 0.4) is 0 Å². The Kier molecular flexibility index (Phi) is 7.03. The van der Waals surface area contributed by atoms with E-state index in [1.54, 1.807) is 48.9 Å². The molecule has 2 aromatic heterocycles. The summed E-state index contributed by atoms with van der Waals surface area (Å²) in [5.41, 5.74) is -0.229. The number of halogens is 1. The summed E-state index contributed by atoms with van der Waals surface area (Å²) in [5.74, 6) is -0.931. The van der Waals surface area contributed by atoms with Crippen LogP contribution in [0.5, 0.6) is 0 Å². The van der Waals surface area contributed by atoms with Gasteiger partial charge >= 0.3 is 5.97 Å². The lowest BCUT2D eigenvalue weighted by Crippen LogP contribution is -2.28. The lowest BCUT2D eigenvalue weighted by atomic mass is 10.2. The first-order chi connectivity index (χ1) is 16.3. The first-order valence-corrected chi connectivity index (χ1v) is 14.7. The average Bonchev–Trinajstić information content (AvgIpc) is 3.47. The first-order valence-electron chi connectivity index (χ1n) is 10.3. The van der Waals surface area contributed by atoms with Crippen LogP contribution >= 0.6 is 30.3 Å². The predicted octanol–water partition coefficient (Wildman–Crippen LogP) is 5.04. The Labute approximate surface area is 206 Å². The third-order valence-corrected chi connectivity index (χ3v) is 10.5. The molecule has 0 amide bonds. The molecule has 0 aliphatic carbocycles.